The van der Waals surface area contributed by atoms with Gasteiger partial charge in [-0.05, 0) is 22.9 Å². The minimum atomic E-state index is -1.39. The van der Waals surface area contributed by atoms with Crippen molar-refractivity contribution in [1.29, 1.82) is 0 Å². The van der Waals surface area contributed by atoms with Gasteiger partial charge in [0.05, 0.1) is 0 Å². The van der Waals surface area contributed by atoms with Crippen LogP contribution in [0, 0.1) is 0 Å². The van der Waals surface area contributed by atoms with Crippen LogP contribution in [-0.4, -0.2) is 24.6 Å². The van der Waals surface area contributed by atoms with Crippen LogP contribution in [0.2, 0.25) is 0 Å². The van der Waals surface area contributed by atoms with Crippen molar-refractivity contribution < 1.29 is 14.6 Å². The van der Waals surface area contributed by atoms with E-state index < -0.39 is 11.7 Å². The summed E-state index contributed by atoms with van der Waals surface area (Å²) < 4.78 is 5.11. The Morgan fingerprint density at radius 2 is 1.82 bits per heavy atom. The van der Waals surface area contributed by atoms with E-state index in [1.54, 1.807) is 12.1 Å². The van der Waals surface area contributed by atoms with Gasteiger partial charge in [-0.1, -0.05) is 12.1 Å². The zero-order chi connectivity index (χ0) is 12.3. The van der Waals surface area contributed by atoms with Gasteiger partial charge in [-0.25, -0.2) is 0 Å². The topological polar surface area (TPSA) is 46.5 Å². The lowest BCUT2D eigenvalue weighted by molar-refractivity contribution is -0.130. The Bertz CT molecular complexity index is 428. The minimum Gasteiger partial charge on any atom is -0.375 e. The molecule has 1 unspecified atom stereocenters. The predicted octanol–water partition coefficient (Wildman–Crippen LogP) is 2.26. The average molecular weight is 268 g/mol. The summed E-state index contributed by atoms with van der Waals surface area (Å²) in [5, 5.41) is 14.6. The molecule has 0 saturated heterocycles. The maximum atomic E-state index is 11.1. The molecule has 1 atom stereocenters. The first-order valence-electron chi connectivity index (χ1n) is 5.02. The van der Waals surface area contributed by atoms with Gasteiger partial charge in [0, 0.05) is 16.9 Å². The largest absolute Gasteiger partial charge is 0.375 e. The minimum absolute atomic E-state index is 0.638. The third-order valence-corrected chi connectivity index (χ3v) is 4.57. The van der Waals surface area contributed by atoms with E-state index in [2.05, 4.69) is 0 Å². The monoisotopic (exact) mass is 268 g/mol. The predicted molar refractivity (Wildman–Crippen MR) is 68.5 cm³/mol. The number of carbonyl (C=O) groups is 1. The van der Waals surface area contributed by atoms with Crippen LogP contribution >= 0.6 is 22.7 Å². The molecule has 0 aliphatic heterocycles. The summed E-state index contributed by atoms with van der Waals surface area (Å²) >= 11 is 2.81. The molecule has 2 heterocycles. The zero-order valence-electron chi connectivity index (χ0n) is 9.20. The smallest absolute Gasteiger partial charge is 0.166 e. The highest BCUT2D eigenvalue weighted by Crippen LogP contribution is 2.38. The van der Waals surface area contributed by atoms with Crippen molar-refractivity contribution >= 4 is 29.0 Å². The molecular formula is C12H12O3S2. The van der Waals surface area contributed by atoms with Crippen LogP contribution in [-0.2, 0) is 15.1 Å². The zero-order valence-corrected chi connectivity index (χ0v) is 10.8. The summed E-state index contributed by atoms with van der Waals surface area (Å²) in [5.74, 6) is 0. The number of carbonyl (C=O) groups excluding carboxylic acids is 1. The molecule has 0 saturated carbocycles. The van der Waals surface area contributed by atoms with Crippen LogP contribution in [0.1, 0.15) is 9.75 Å². The summed E-state index contributed by atoms with van der Waals surface area (Å²) in [6, 6.07) is 7.30. The molecule has 0 bridgehead atoms. The molecule has 90 valence electrons. The van der Waals surface area contributed by atoms with Crippen LogP contribution in [0.3, 0.4) is 0 Å². The molecule has 0 spiro atoms. The molecule has 2 aromatic heterocycles. The molecule has 5 heteroatoms. The Balaban J connectivity index is 2.54. The summed E-state index contributed by atoms with van der Waals surface area (Å²) in [4.78, 5) is 12.5. The number of hydrogen-bond acceptors (Lipinski definition) is 5. The molecule has 2 aromatic rings. The maximum Gasteiger partial charge on any atom is 0.166 e. The average Bonchev–Trinajstić information content (AvgIpc) is 3.04. The Kier molecular flexibility index (Phi) is 3.73. The Morgan fingerprint density at radius 1 is 1.29 bits per heavy atom. The second kappa shape index (κ2) is 5.10. The van der Waals surface area contributed by atoms with Gasteiger partial charge < -0.3 is 14.6 Å². The molecule has 1 N–H and O–H groups in total. The van der Waals surface area contributed by atoms with Crippen LogP contribution in [0.25, 0.3) is 0 Å². The standard InChI is InChI=1S/C12H12O3S2/c1-15-9(8-13)12(14,10-4-2-6-16-10)11-5-3-7-17-11/h2-9,14H,1H3. The molecule has 0 fully saturated rings. The maximum absolute atomic E-state index is 11.1. The number of methoxy groups -OCH3 is 1. The highest BCUT2D eigenvalue weighted by Gasteiger charge is 2.42. The van der Waals surface area contributed by atoms with Gasteiger partial charge in [-0.3, -0.25) is 0 Å². The number of hydrogen-bond donors (Lipinski definition) is 1. The van der Waals surface area contributed by atoms with Crippen molar-refractivity contribution in [2.75, 3.05) is 7.11 Å². The van der Waals surface area contributed by atoms with E-state index >= 15 is 0 Å². The van der Waals surface area contributed by atoms with Crippen molar-refractivity contribution in [3.63, 3.8) is 0 Å². The van der Waals surface area contributed by atoms with Crippen molar-refractivity contribution in [2.24, 2.45) is 0 Å². The van der Waals surface area contributed by atoms with Gasteiger partial charge in [-0.2, -0.15) is 0 Å². The normalized spacial score (nSPS) is 13.5. The van der Waals surface area contributed by atoms with Gasteiger partial charge in [0.1, 0.15) is 0 Å². The lowest BCUT2D eigenvalue weighted by Crippen LogP contribution is -2.41. The van der Waals surface area contributed by atoms with E-state index in [1.807, 2.05) is 22.9 Å². The third kappa shape index (κ3) is 2.07. The quantitative estimate of drug-likeness (QED) is 0.846. The Morgan fingerprint density at radius 3 is 2.12 bits per heavy atom. The first-order valence-corrected chi connectivity index (χ1v) is 6.77. The highest BCUT2D eigenvalue weighted by atomic mass is 32.1. The fraction of sp³-hybridized carbons (Fsp3) is 0.250. The molecule has 0 radical (unpaired) electrons. The van der Waals surface area contributed by atoms with Crippen molar-refractivity contribution in [3.8, 4) is 0 Å². The molecule has 3 nitrogen and oxygen atoms in total. The van der Waals surface area contributed by atoms with E-state index in [1.165, 1.54) is 29.8 Å². The van der Waals surface area contributed by atoms with Crippen molar-refractivity contribution in [2.45, 2.75) is 11.7 Å². The van der Waals surface area contributed by atoms with Crippen LogP contribution in [0.5, 0.6) is 0 Å². The number of ether oxygens (including phenoxy) is 1. The molecule has 0 aliphatic carbocycles. The van der Waals surface area contributed by atoms with Gasteiger partial charge in [0.2, 0.25) is 0 Å². The van der Waals surface area contributed by atoms with Crippen molar-refractivity contribution in [3.05, 3.63) is 44.8 Å². The van der Waals surface area contributed by atoms with Gasteiger partial charge in [-0.15, -0.1) is 22.7 Å². The first kappa shape index (κ1) is 12.4. The van der Waals surface area contributed by atoms with Crippen LogP contribution in [0.4, 0.5) is 0 Å². The molecule has 17 heavy (non-hydrogen) atoms. The van der Waals surface area contributed by atoms with Crippen LogP contribution in [0.15, 0.2) is 35.0 Å². The summed E-state index contributed by atoms with van der Waals surface area (Å²) in [5.41, 5.74) is -1.39. The SMILES string of the molecule is COC(C=O)C(O)(c1cccs1)c1cccs1. The number of thiophene rings is 2. The fourth-order valence-electron chi connectivity index (χ4n) is 1.72. The first-order chi connectivity index (χ1) is 8.23. The molecular weight excluding hydrogens is 256 g/mol. The van der Waals surface area contributed by atoms with Gasteiger partial charge in [0.25, 0.3) is 0 Å². The third-order valence-electron chi connectivity index (χ3n) is 2.58. The van der Waals surface area contributed by atoms with E-state index in [0.29, 0.717) is 16.0 Å². The van der Waals surface area contributed by atoms with Gasteiger partial charge in [0.15, 0.2) is 18.0 Å². The molecule has 0 aromatic carbocycles. The summed E-state index contributed by atoms with van der Waals surface area (Å²) in [6.07, 6.45) is -0.265. The highest BCUT2D eigenvalue weighted by molar-refractivity contribution is 7.11. The number of rotatable bonds is 5. The Labute approximate surface area is 107 Å². The van der Waals surface area contributed by atoms with E-state index in [0.717, 1.165) is 0 Å². The Hall–Kier alpha value is -1.01. The fourth-order valence-corrected chi connectivity index (χ4v) is 3.52. The number of aldehydes is 1. The van der Waals surface area contributed by atoms with Gasteiger partial charge >= 0.3 is 0 Å². The number of aliphatic hydroxyl groups is 1. The van der Waals surface area contributed by atoms with E-state index in [-0.39, 0.29) is 0 Å². The summed E-state index contributed by atoms with van der Waals surface area (Å²) in [6.45, 7) is 0. The van der Waals surface area contributed by atoms with Crippen LogP contribution < -0.4 is 0 Å². The lowest BCUT2D eigenvalue weighted by atomic mass is 9.93. The lowest BCUT2D eigenvalue weighted by Gasteiger charge is -2.30. The molecule has 2 rings (SSSR count). The van der Waals surface area contributed by atoms with Crippen molar-refractivity contribution in [1.82, 2.24) is 0 Å². The molecule has 0 amide bonds. The van der Waals surface area contributed by atoms with E-state index in [4.69, 9.17) is 4.74 Å². The second-order valence-corrected chi connectivity index (χ2v) is 5.41. The summed E-state index contributed by atoms with van der Waals surface area (Å²) in [7, 11) is 1.42. The second-order valence-electron chi connectivity index (χ2n) is 3.51. The van der Waals surface area contributed by atoms with E-state index in [9.17, 15) is 9.90 Å². The molecule has 0 aliphatic rings.